The maximum atomic E-state index is 13.8. The summed E-state index contributed by atoms with van der Waals surface area (Å²) in [6.45, 7) is 7.31. The molecule has 1 amide bonds. The molecule has 0 spiro atoms. The molecule has 11 nitrogen and oxygen atoms in total. The summed E-state index contributed by atoms with van der Waals surface area (Å²) < 4.78 is 5.45. The molecule has 0 atom stereocenters. The molecule has 220 valence electrons. The van der Waals surface area contributed by atoms with E-state index in [0.717, 1.165) is 29.4 Å². The minimum atomic E-state index is -0.321. The number of aliphatic hydroxyl groups excluding tert-OH is 1. The highest BCUT2D eigenvalue weighted by Gasteiger charge is 2.37. The number of hydrogen-bond donors (Lipinski definition) is 2. The first-order valence-corrected chi connectivity index (χ1v) is 14.4. The van der Waals surface area contributed by atoms with E-state index in [0.29, 0.717) is 52.8 Å². The van der Waals surface area contributed by atoms with Gasteiger partial charge in [0.05, 0.1) is 12.8 Å². The lowest BCUT2D eigenvalue weighted by Gasteiger charge is -2.31. The molecule has 0 fully saturated rings. The maximum Gasteiger partial charge on any atom is 0.276 e. The molecule has 5 aromatic heterocycles. The lowest BCUT2D eigenvalue weighted by molar-refractivity contribution is 0.0962. The monoisotopic (exact) mass is 578 g/mol. The summed E-state index contributed by atoms with van der Waals surface area (Å²) in [4.78, 5) is 37.6. The van der Waals surface area contributed by atoms with E-state index in [1.54, 1.807) is 47.4 Å². The molecule has 0 aromatic carbocycles. The van der Waals surface area contributed by atoms with E-state index in [9.17, 15) is 14.7 Å². The van der Waals surface area contributed by atoms with Crippen molar-refractivity contribution in [2.75, 3.05) is 16.8 Å². The Bertz CT molecular complexity index is 2020. The van der Waals surface area contributed by atoms with Crippen LogP contribution in [0.5, 0.6) is 0 Å². The van der Waals surface area contributed by atoms with Gasteiger partial charge in [-0.05, 0) is 60.6 Å². The molecule has 6 heterocycles. The third kappa shape index (κ3) is 4.34. The Balaban J connectivity index is 1.25. The van der Waals surface area contributed by atoms with Crippen LogP contribution < -0.4 is 15.8 Å². The average molecular weight is 579 g/mol. The number of nitrogens with one attached hydrogen (secondary N) is 1. The summed E-state index contributed by atoms with van der Waals surface area (Å²) in [5.41, 5.74) is 7.17. The summed E-state index contributed by atoms with van der Waals surface area (Å²) in [6.07, 6.45) is 6.97. The van der Waals surface area contributed by atoms with Crippen LogP contribution in [0.3, 0.4) is 0 Å². The third-order valence-electron chi connectivity index (χ3n) is 8.84. The van der Waals surface area contributed by atoms with Gasteiger partial charge in [-0.2, -0.15) is 5.10 Å². The molecule has 0 saturated heterocycles. The van der Waals surface area contributed by atoms with E-state index in [2.05, 4.69) is 38.8 Å². The molecule has 2 aliphatic rings. The molecular formula is C32H34N8O3. The highest BCUT2D eigenvalue weighted by atomic mass is 16.3. The number of fused-ring (bicyclic) bond motifs is 4. The Labute approximate surface area is 248 Å². The standard InChI is InChI=1S/C32H34N8O3/c1-18-22-12-28(34-15-25(22)36-38(18)5)35-24-10-20(16-37(4)30(24)42)21-6-7-33-29(23(21)17-41)40-9-8-39-26(31(40)43)11-19-13-32(2,3)14-27(19)39/h6-7,10-12,15-16,35,41H,8-9,13-14,17H2,1-5H3. The molecule has 1 aliphatic heterocycles. The number of pyridine rings is 3. The summed E-state index contributed by atoms with van der Waals surface area (Å²) in [6, 6.07) is 7.46. The Hall–Kier alpha value is -4.77. The number of aliphatic hydroxyl groups is 1. The average Bonchev–Trinajstić information content (AvgIpc) is 3.57. The zero-order valence-electron chi connectivity index (χ0n) is 25.0. The van der Waals surface area contributed by atoms with E-state index < -0.39 is 0 Å². The largest absolute Gasteiger partial charge is 0.392 e. The SMILES string of the molecule is Cc1c2cc(Nc3cc(-c4ccnc(N5CCn6c(cc7c6CC(C)(C)C7)C5=O)c4CO)cn(C)c3=O)ncc2nn1C. The molecule has 0 bridgehead atoms. The Morgan fingerprint density at radius 3 is 2.67 bits per heavy atom. The van der Waals surface area contributed by atoms with E-state index in [4.69, 9.17) is 0 Å². The van der Waals surface area contributed by atoms with Gasteiger partial charge >= 0.3 is 0 Å². The van der Waals surface area contributed by atoms with Crippen LogP contribution >= 0.6 is 0 Å². The Morgan fingerprint density at radius 1 is 1.07 bits per heavy atom. The third-order valence-corrected chi connectivity index (χ3v) is 8.84. The van der Waals surface area contributed by atoms with Crippen molar-refractivity contribution in [1.82, 2.24) is 28.9 Å². The summed E-state index contributed by atoms with van der Waals surface area (Å²) in [7, 11) is 3.56. The number of carbonyl (C=O) groups excluding carboxylic acids is 1. The number of rotatable bonds is 5. The molecule has 2 N–H and O–H groups in total. The van der Waals surface area contributed by atoms with Crippen LogP contribution in [0.2, 0.25) is 0 Å². The predicted molar refractivity (Wildman–Crippen MR) is 165 cm³/mol. The maximum absolute atomic E-state index is 13.8. The highest BCUT2D eigenvalue weighted by Crippen LogP contribution is 2.40. The normalized spacial score (nSPS) is 15.7. The fraction of sp³-hybridized carbons (Fsp3) is 0.344. The zero-order chi connectivity index (χ0) is 30.2. The van der Waals surface area contributed by atoms with Gasteiger partial charge in [0.2, 0.25) is 0 Å². The van der Waals surface area contributed by atoms with Gasteiger partial charge in [0.15, 0.2) is 0 Å². The zero-order valence-corrected chi connectivity index (χ0v) is 25.0. The van der Waals surface area contributed by atoms with Crippen molar-refractivity contribution in [3.63, 3.8) is 0 Å². The van der Waals surface area contributed by atoms with Crippen molar-refractivity contribution in [2.24, 2.45) is 19.5 Å². The first kappa shape index (κ1) is 27.1. The van der Waals surface area contributed by atoms with E-state index in [-0.39, 0.29) is 23.5 Å². The fourth-order valence-electron chi connectivity index (χ4n) is 6.64. The number of aromatic nitrogens is 6. The van der Waals surface area contributed by atoms with Crippen molar-refractivity contribution in [2.45, 2.75) is 46.8 Å². The number of nitrogens with zero attached hydrogens (tertiary/aromatic N) is 7. The molecule has 0 radical (unpaired) electrons. The second kappa shape index (κ2) is 9.63. The van der Waals surface area contributed by atoms with Crippen molar-refractivity contribution >= 4 is 34.1 Å². The van der Waals surface area contributed by atoms with E-state index >= 15 is 0 Å². The number of hydrogen-bond acceptors (Lipinski definition) is 7. The minimum absolute atomic E-state index is 0.118. The van der Waals surface area contributed by atoms with Gasteiger partial charge in [0.25, 0.3) is 11.5 Å². The summed E-state index contributed by atoms with van der Waals surface area (Å²) in [5, 5.41) is 19.2. The number of carbonyl (C=O) groups is 1. The lowest BCUT2D eigenvalue weighted by atomic mass is 9.90. The lowest BCUT2D eigenvalue weighted by Crippen LogP contribution is -2.41. The van der Waals surface area contributed by atoms with Crippen LogP contribution in [0, 0.1) is 12.3 Å². The highest BCUT2D eigenvalue weighted by molar-refractivity contribution is 6.06. The van der Waals surface area contributed by atoms with Crippen molar-refractivity contribution in [3.05, 3.63) is 81.4 Å². The molecule has 43 heavy (non-hydrogen) atoms. The van der Waals surface area contributed by atoms with Crippen LogP contribution in [-0.2, 0) is 40.1 Å². The topological polar surface area (TPSA) is 123 Å². The van der Waals surface area contributed by atoms with Crippen LogP contribution in [0.15, 0.2) is 47.7 Å². The van der Waals surface area contributed by atoms with Gasteiger partial charge < -0.3 is 19.6 Å². The van der Waals surface area contributed by atoms with Crippen LogP contribution in [0.1, 0.15) is 46.9 Å². The molecule has 0 saturated carbocycles. The van der Waals surface area contributed by atoms with Crippen molar-refractivity contribution in [1.29, 1.82) is 0 Å². The molecule has 1 aliphatic carbocycles. The molecular weight excluding hydrogens is 544 g/mol. The first-order chi connectivity index (χ1) is 20.5. The van der Waals surface area contributed by atoms with Gasteiger partial charge in [-0.3, -0.25) is 19.2 Å². The van der Waals surface area contributed by atoms with Gasteiger partial charge in [0, 0.05) is 67.5 Å². The predicted octanol–water partition coefficient (Wildman–Crippen LogP) is 3.86. The van der Waals surface area contributed by atoms with Gasteiger partial charge in [0.1, 0.15) is 28.5 Å². The number of aryl methyl sites for hydroxylation is 3. The van der Waals surface area contributed by atoms with Gasteiger partial charge in [-0.1, -0.05) is 13.8 Å². The first-order valence-electron chi connectivity index (χ1n) is 14.4. The van der Waals surface area contributed by atoms with Gasteiger partial charge in [-0.15, -0.1) is 0 Å². The minimum Gasteiger partial charge on any atom is -0.392 e. The fourth-order valence-corrected chi connectivity index (χ4v) is 6.64. The van der Waals surface area contributed by atoms with E-state index in [1.807, 2.05) is 26.1 Å². The Morgan fingerprint density at radius 2 is 1.88 bits per heavy atom. The van der Waals surface area contributed by atoms with Crippen LogP contribution in [-0.4, -0.2) is 46.4 Å². The van der Waals surface area contributed by atoms with Crippen molar-refractivity contribution < 1.29 is 9.90 Å². The van der Waals surface area contributed by atoms with Crippen LogP contribution in [0.25, 0.3) is 22.0 Å². The molecule has 0 unspecified atom stereocenters. The smallest absolute Gasteiger partial charge is 0.276 e. The van der Waals surface area contributed by atoms with Crippen LogP contribution in [0.4, 0.5) is 17.3 Å². The Kier molecular flexibility index (Phi) is 6.07. The quantitative estimate of drug-likeness (QED) is 0.325. The van der Waals surface area contributed by atoms with Gasteiger partial charge in [-0.25, -0.2) is 9.97 Å². The van der Waals surface area contributed by atoms with Crippen molar-refractivity contribution in [3.8, 4) is 11.1 Å². The molecule has 7 rings (SSSR count). The molecule has 5 aromatic rings. The molecule has 11 heteroatoms. The summed E-state index contributed by atoms with van der Waals surface area (Å²) in [5.74, 6) is 0.834. The number of amides is 1. The second-order valence-corrected chi connectivity index (χ2v) is 12.4. The second-order valence-electron chi connectivity index (χ2n) is 12.4. The number of anilines is 3. The summed E-state index contributed by atoms with van der Waals surface area (Å²) >= 11 is 0. The van der Waals surface area contributed by atoms with E-state index in [1.165, 1.54) is 15.8 Å².